The molecule has 0 spiro atoms. The first-order chi connectivity index (χ1) is 8.15. The third kappa shape index (κ3) is 4.13. The first-order valence-corrected chi connectivity index (χ1v) is 6.52. The molecule has 4 heteroatoms. The Hall–Kier alpha value is -0.870. The van der Waals surface area contributed by atoms with Gasteiger partial charge in [-0.25, -0.2) is 0 Å². The zero-order valence-corrected chi connectivity index (χ0v) is 11.1. The largest absolute Gasteiger partial charge is 0.361 e. The Balaban J connectivity index is 1.71. The fourth-order valence-corrected chi connectivity index (χ4v) is 1.86. The van der Waals surface area contributed by atoms with E-state index in [4.69, 9.17) is 4.52 Å². The molecule has 1 aromatic heterocycles. The molecule has 0 bridgehead atoms. The lowest BCUT2D eigenvalue weighted by Gasteiger charge is -2.16. The molecule has 0 radical (unpaired) electrons. The van der Waals surface area contributed by atoms with Crippen LogP contribution in [0.4, 0.5) is 0 Å². The lowest BCUT2D eigenvalue weighted by atomic mass is 10.3. The highest BCUT2D eigenvalue weighted by molar-refractivity contribution is 5.14. The fourth-order valence-electron chi connectivity index (χ4n) is 1.86. The molecule has 1 fully saturated rings. The Labute approximate surface area is 103 Å². The maximum Gasteiger partial charge on any atom is 0.140 e. The minimum Gasteiger partial charge on any atom is -0.361 e. The summed E-state index contributed by atoms with van der Waals surface area (Å²) in [6.45, 7) is 7.25. The Morgan fingerprint density at radius 1 is 1.53 bits per heavy atom. The maximum atomic E-state index is 5.34. The molecule has 1 saturated carbocycles. The third-order valence-corrected chi connectivity index (χ3v) is 3.03. The Morgan fingerprint density at radius 2 is 2.29 bits per heavy atom. The number of rotatable bonds is 7. The molecule has 2 rings (SSSR count). The van der Waals surface area contributed by atoms with Crippen LogP contribution in [0.15, 0.2) is 10.6 Å². The molecule has 17 heavy (non-hydrogen) atoms. The molecule has 1 aliphatic carbocycles. The van der Waals surface area contributed by atoms with Gasteiger partial charge in [-0.15, -0.1) is 0 Å². The standard InChI is InChI=1S/C13H23N3O/c1-10(2)14-6-7-16(3)9-12-8-13(17-15-12)11-4-5-11/h8,10-11,14H,4-7,9H2,1-3H3. The van der Waals surface area contributed by atoms with Gasteiger partial charge in [-0.1, -0.05) is 19.0 Å². The van der Waals surface area contributed by atoms with Crippen LogP contribution >= 0.6 is 0 Å². The summed E-state index contributed by atoms with van der Waals surface area (Å²) in [7, 11) is 2.12. The van der Waals surface area contributed by atoms with Crippen LogP contribution in [0.2, 0.25) is 0 Å². The summed E-state index contributed by atoms with van der Waals surface area (Å²) in [6, 6.07) is 2.67. The smallest absolute Gasteiger partial charge is 0.140 e. The summed E-state index contributed by atoms with van der Waals surface area (Å²) in [5.41, 5.74) is 1.05. The SMILES string of the molecule is CC(C)NCCN(C)Cc1cc(C2CC2)on1. The normalized spacial score (nSPS) is 16.1. The second-order valence-corrected chi connectivity index (χ2v) is 5.34. The van der Waals surface area contributed by atoms with Crippen LogP contribution < -0.4 is 5.32 Å². The predicted molar refractivity (Wildman–Crippen MR) is 68.0 cm³/mol. The highest BCUT2D eigenvalue weighted by atomic mass is 16.5. The summed E-state index contributed by atoms with van der Waals surface area (Å²) in [4.78, 5) is 2.27. The van der Waals surface area contributed by atoms with Crippen LogP contribution in [0.5, 0.6) is 0 Å². The van der Waals surface area contributed by atoms with E-state index in [9.17, 15) is 0 Å². The lowest BCUT2D eigenvalue weighted by molar-refractivity contribution is 0.303. The average molecular weight is 237 g/mol. The van der Waals surface area contributed by atoms with E-state index in [1.165, 1.54) is 12.8 Å². The molecule has 0 amide bonds. The van der Waals surface area contributed by atoms with Gasteiger partial charge in [-0.2, -0.15) is 0 Å². The Bertz CT molecular complexity index is 344. The summed E-state index contributed by atoms with van der Waals surface area (Å²) in [5.74, 6) is 1.73. The molecule has 0 aromatic carbocycles. The van der Waals surface area contributed by atoms with Gasteiger partial charge in [0.05, 0.1) is 5.69 Å². The zero-order valence-electron chi connectivity index (χ0n) is 11.1. The van der Waals surface area contributed by atoms with Gasteiger partial charge in [0.15, 0.2) is 0 Å². The maximum absolute atomic E-state index is 5.34. The van der Waals surface area contributed by atoms with Crippen LogP contribution in [0.3, 0.4) is 0 Å². The summed E-state index contributed by atoms with van der Waals surface area (Å²) < 4.78 is 5.34. The second-order valence-electron chi connectivity index (χ2n) is 5.34. The van der Waals surface area contributed by atoms with Gasteiger partial charge in [0.25, 0.3) is 0 Å². The van der Waals surface area contributed by atoms with Crippen LogP contribution in [-0.4, -0.2) is 36.2 Å². The summed E-state index contributed by atoms with van der Waals surface area (Å²) >= 11 is 0. The van der Waals surface area contributed by atoms with Crippen LogP contribution in [0.1, 0.15) is 44.1 Å². The third-order valence-electron chi connectivity index (χ3n) is 3.03. The molecule has 4 nitrogen and oxygen atoms in total. The molecule has 0 atom stereocenters. The quantitative estimate of drug-likeness (QED) is 0.787. The van der Waals surface area contributed by atoms with Crippen molar-refractivity contribution in [2.75, 3.05) is 20.1 Å². The monoisotopic (exact) mass is 237 g/mol. The van der Waals surface area contributed by atoms with Gasteiger partial charge in [-0.05, 0) is 19.9 Å². The second kappa shape index (κ2) is 5.65. The number of likely N-dealkylation sites (N-methyl/N-ethyl adjacent to an activating group) is 1. The molecule has 1 heterocycles. The van der Waals surface area contributed by atoms with Crippen molar-refractivity contribution in [3.8, 4) is 0 Å². The van der Waals surface area contributed by atoms with Gasteiger partial charge in [0, 0.05) is 37.7 Å². The molecule has 0 unspecified atom stereocenters. The van der Waals surface area contributed by atoms with Gasteiger partial charge < -0.3 is 9.84 Å². The van der Waals surface area contributed by atoms with Gasteiger partial charge in [0.2, 0.25) is 0 Å². The van der Waals surface area contributed by atoms with Crippen molar-refractivity contribution in [3.63, 3.8) is 0 Å². The highest BCUT2D eigenvalue weighted by Gasteiger charge is 2.27. The summed E-state index contributed by atoms with van der Waals surface area (Å²) in [6.07, 6.45) is 2.53. The van der Waals surface area contributed by atoms with Crippen LogP contribution in [-0.2, 0) is 6.54 Å². The van der Waals surface area contributed by atoms with E-state index in [-0.39, 0.29) is 0 Å². The fraction of sp³-hybridized carbons (Fsp3) is 0.769. The van der Waals surface area contributed by atoms with Crippen molar-refractivity contribution < 1.29 is 4.52 Å². The molecule has 1 aromatic rings. The van der Waals surface area contributed by atoms with E-state index in [1.54, 1.807) is 0 Å². The molecule has 0 saturated heterocycles. The first kappa shape index (κ1) is 12.6. The summed E-state index contributed by atoms with van der Waals surface area (Å²) in [5, 5.41) is 7.53. The molecule has 96 valence electrons. The van der Waals surface area contributed by atoms with E-state index >= 15 is 0 Å². The number of nitrogens with one attached hydrogen (secondary N) is 1. The van der Waals surface area contributed by atoms with Gasteiger partial charge in [0.1, 0.15) is 5.76 Å². The van der Waals surface area contributed by atoms with Crippen molar-refractivity contribution in [2.24, 2.45) is 0 Å². The predicted octanol–water partition coefficient (Wildman–Crippen LogP) is 1.98. The Kier molecular flexibility index (Phi) is 4.18. The van der Waals surface area contributed by atoms with Crippen LogP contribution in [0, 0.1) is 0 Å². The van der Waals surface area contributed by atoms with E-state index < -0.39 is 0 Å². The molecular formula is C13H23N3O. The minimum absolute atomic E-state index is 0.553. The van der Waals surface area contributed by atoms with E-state index in [2.05, 4.69) is 42.3 Å². The molecular weight excluding hydrogens is 214 g/mol. The lowest BCUT2D eigenvalue weighted by Crippen LogP contribution is -2.32. The average Bonchev–Trinajstić information content (AvgIpc) is 3.00. The van der Waals surface area contributed by atoms with Gasteiger partial charge >= 0.3 is 0 Å². The topological polar surface area (TPSA) is 41.3 Å². The molecule has 1 aliphatic rings. The molecule has 0 aliphatic heterocycles. The highest BCUT2D eigenvalue weighted by Crippen LogP contribution is 2.40. The van der Waals surface area contributed by atoms with E-state index in [1.807, 2.05) is 0 Å². The van der Waals surface area contributed by atoms with E-state index in [0.29, 0.717) is 12.0 Å². The van der Waals surface area contributed by atoms with E-state index in [0.717, 1.165) is 31.1 Å². The Morgan fingerprint density at radius 3 is 2.94 bits per heavy atom. The molecule has 1 N–H and O–H groups in total. The van der Waals surface area contributed by atoms with Crippen molar-refractivity contribution in [1.82, 2.24) is 15.4 Å². The number of aromatic nitrogens is 1. The van der Waals surface area contributed by atoms with Crippen molar-refractivity contribution in [3.05, 3.63) is 17.5 Å². The minimum atomic E-state index is 0.553. The number of hydrogen-bond donors (Lipinski definition) is 1. The van der Waals surface area contributed by atoms with Crippen molar-refractivity contribution in [2.45, 2.75) is 45.2 Å². The first-order valence-electron chi connectivity index (χ1n) is 6.52. The number of nitrogens with zero attached hydrogens (tertiary/aromatic N) is 2. The van der Waals surface area contributed by atoms with Gasteiger partial charge in [-0.3, -0.25) is 4.90 Å². The van der Waals surface area contributed by atoms with Crippen LogP contribution in [0.25, 0.3) is 0 Å². The van der Waals surface area contributed by atoms with Crippen molar-refractivity contribution >= 4 is 0 Å². The number of hydrogen-bond acceptors (Lipinski definition) is 4. The zero-order chi connectivity index (χ0) is 12.3. The van der Waals surface area contributed by atoms with Crippen molar-refractivity contribution in [1.29, 1.82) is 0 Å².